The molecule has 0 heterocycles. The van der Waals surface area contributed by atoms with Crippen molar-refractivity contribution in [2.75, 3.05) is 0 Å². The average molecular weight is 274 g/mol. The first-order chi connectivity index (χ1) is 10.3. The van der Waals surface area contributed by atoms with E-state index in [0.717, 1.165) is 6.42 Å². The van der Waals surface area contributed by atoms with Crippen LogP contribution in [0.2, 0.25) is 0 Å². The van der Waals surface area contributed by atoms with Crippen LogP contribution in [0.15, 0.2) is 72.8 Å². The summed E-state index contributed by atoms with van der Waals surface area (Å²) in [6.45, 7) is 0. The van der Waals surface area contributed by atoms with Gasteiger partial charge in [0.15, 0.2) is 0 Å². The first-order valence-electron chi connectivity index (χ1n) is 7.25. The van der Waals surface area contributed by atoms with Crippen molar-refractivity contribution in [1.29, 1.82) is 0 Å². The zero-order chi connectivity index (χ0) is 14.2. The van der Waals surface area contributed by atoms with Crippen LogP contribution in [-0.2, 0) is 6.42 Å². The van der Waals surface area contributed by atoms with Crippen LogP contribution in [0.25, 0.3) is 11.1 Å². The SMILES string of the molecule is Fc1ccc(CC2c3ccccc3-c3ccccc32)cc1. The predicted octanol–water partition coefficient (Wildman–Crippen LogP) is 5.18. The minimum absolute atomic E-state index is 0.175. The van der Waals surface area contributed by atoms with Gasteiger partial charge in [-0.15, -0.1) is 0 Å². The third-order valence-electron chi connectivity index (χ3n) is 4.32. The molecule has 3 aromatic carbocycles. The van der Waals surface area contributed by atoms with Gasteiger partial charge in [-0.1, -0.05) is 60.7 Å². The number of fused-ring (bicyclic) bond motifs is 3. The lowest BCUT2D eigenvalue weighted by Crippen LogP contribution is -2.01. The molecular weight excluding hydrogens is 259 g/mol. The maximum atomic E-state index is 13.1. The lowest BCUT2D eigenvalue weighted by atomic mass is 9.90. The molecule has 0 saturated heterocycles. The highest BCUT2D eigenvalue weighted by atomic mass is 19.1. The van der Waals surface area contributed by atoms with E-state index in [4.69, 9.17) is 0 Å². The quantitative estimate of drug-likeness (QED) is 0.604. The maximum absolute atomic E-state index is 13.1. The van der Waals surface area contributed by atoms with Gasteiger partial charge in [0, 0.05) is 5.92 Å². The van der Waals surface area contributed by atoms with Gasteiger partial charge in [-0.2, -0.15) is 0 Å². The van der Waals surface area contributed by atoms with E-state index in [2.05, 4.69) is 48.5 Å². The molecular formula is C20H15F. The summed E-state index contributed by atoms with van der Waals surface area (Å²) in [5.74, 6) is 0.189. The Bertz CT molecular complexity index is 741. The van der Waals surface area contributed by atoms with Gasteiger partial charge < -0.3 is 0 Å². The monoisotopic (exact) mass is 274 g/mol. The van der Waals surface area contributed by atoms with Crippen molar-refractivity contribution in [3.63, 3.8) is 0 Å². The van der Waals surface area contributed by atoms with Gasteiger partial charge in [0.1, 0.15) is 5.82 Å². The number of benzene rings is 3. The molecule has 0 unspecified atom stereocenters. The van der Waals surface area contributed by atoms with Gasteiger partial charge in [0.2, 0.25) is 0 Å². The number of hydrogen-bond acceptors (Lipinski definition) is 0. The molecule has 102 valence electrons. The van der Waals surface area contributed by atoms with Crippen molar-refractivity contribution in [1.82, 2.24) is 0 Å². The zero-order valence-electron chi connectivity index (χ0n) is 11.6. The van der Waals surface area contributed by atoms with E-state index < -0.39 is 0 Å². The fraction of sp³-hybridized carbons (Fsp3) is 0.100. The summed E-state index contributed by atoms with van der Waals surface area (Å²) in [5.41, 5.74) is 6.60. The Morgan fingerprint density at radius 2 is 1.19 bits per heavy atom. The standard InChI is InChI=1S/C20H15F/c21-15-11-9-14(10-12-15)13-20-18-7-3-1-5-16(18)17-6-2-4-8-19(17)20/h1-12,20H,13H2. The van der Waals surface area contributed by atoms with Crippen LogP contribution in [0.3, 0.4) is 0 Å². The number of rotatable bonds is 2. The highest BCUT2D eigenvalue weighted by Gasteiger charge is 2.27. The summed E-state index contributed by atoms with van der Waals surface area (Å²) in [7, 11) is 0. The molecule has 21 heavy (non-hydrogen) atoms. The third-order valence-corrected chi connectivity index (χ3v) is 4.32. The van der Waals surface area contributed by atoms with Gasteiger partial charge in [0.25, 0.3) is 0 Å². The first kappa shape index (κ1) is 12.3. The normalized spacial score (nSPS) is 13.0. The van der Waals surface area contributed by atoms with Crippen molar-refractivity contribution in [3.05, 3.63) is 95.3 Å². The molecule has 0 bridgehead atoms. The van der Waals surface area contributed by atoms with Gasteiger partial charge >= 0.3 is 0 Å². The molecule has 0 nitrogen and oxygen atoms in total. The highest BCUT2D eigenvalue weighted by Crippen LogP contribution is 2.45. The summed E-state index contributed by atoms with van der Waals surface area (Å²) in [5, 5.41) is 0. The molecule has 1 aliphatic carbocycles. The van der Waals surface area contributed by atoms with Crippen LogP contribution in [-0.4, -0.2) is 0 Å². The van der Waals surface area contributed by atoms with Crippen molar-refractivity contribution in [2.24, 2.45) is 0 Å². The molecule has 1 aliphatic rings. The van der Waals surface area contributed by atoms with E-state index in [1.807, 2.05) is 12.1 Å². The van der Waals surface area contributed by atoms with Gasteiger partial charge in [-0.25, -0.2) is 4.39 Å². The van der Waals surface area contributed by atoms with E-state index in [9.17, 15) is 4.39 Å². The Labute approximate surface area is 123 Å². The molecule has 0 fully saturated rings. The fourth-order valence-electron chi connectivity index (χ4n) is 3.34. The van der Waals surface area contributed by atoms with Gasteiger partial charge in [-0.3, -0.25) is 0 Å². The third kappa shape index (κ3) is 2.06. The van der Waals surface area contributed by atoms with Crippen LogP contribution in [0.5, 0.6) is 0 Å². The second kappa shape index (κ2) is 4.85. The van der Waals surface area contributed by atoms with Crippen molar-refractivity contribution in [2.45, 2.75) is 12.3 Å². The van der Waals surface area contributed by atoms with Crippen LogP contribution in [0.1, 0.15) is 22.6 Å². The Morgan fingerprint density at radius 1 is 0.667 bits per heavy atom. The molecule has 0 spiro atoms. The molecule has 3 aromatic rings. The molecule has 0 aliphatic heterocycles. The molecule has 0 aromatic heterocycles. The van der Waals surface area contributed by atoms with Crippen molar-refractivity contribution >= 4 is 0 Å². The Kier molecular flexibility index (Phi) is 2.85. The van der Waals surface area contributed by atoms with Crippen molar-refractivity contribution in [3.8, 4) is 11.1 Å². The Morgan fingerprint density at radius 3 is 1.76 bits per heavy atom. The lowest BCUT2D eigenvalue weighted by molar-refractivity contribution is 0.626. The van der Waals surface area contributed by atoms with E-state index in [1.165, 1.54) is 27.8 Å². The summed E-state index contributed by atoms with van der Waals surface area (Å²) < 4.78 is 13.1. The number of halogens is 1. The second-order valence-electron chi connectivity index (χ2n) is 5.56. The molecule has 0 atom stereocenters. The predicted molar refractivity (Wildman–Crippen MR) is 83.8 cm³/mol. The van der Waals surface area contributed by atoms with E-state index in [1.54, 1.807) is 12.1 Å². The molecule has 0 saturated carbocycles. The summed E-state index contributed by atoms with van der Waals surface area (Å²) >= 11 is 0. The molecule has 0 radical (unpaired) electrons. The summed E-state index contributed by atoms with van der Waals surface area (Å²) in [4.78, 5) is 0. The van der Waals surface area contributed by atoms with Crippen LogP contribution < -0.4 is 0 Å². The maximum Gasteiger partial charge on any atom is 0.123 e. The van der Waals surface area contributed by atoms with E-state index in [-0.39, 0.29) is 5.82 Å². The van der Waals surface area contributed by atoms with Crippen LogP contribution in [0, 0.1) is 5.82 Å². The molecule has 1 heteroatoms. The number of hydrogen-bond donors (Lipinski definition) is 0. The minimum atomic E-state index is -0.175. The Balaban J connectivity index is 1.79. The van der Waals surface area contributed by atoms with Crippen LogP contribution in [0.4, 0.5) is 4.39 Å². The molecule has 0 amide bonds. The summed E-state index contributed by atoms with van der Waals surface area (Å²) in [6, 6.07) is 24.1. The average Bonchev–Trinajstić information content (AvgIpc) is 2.85. The minimum Gasteiger partial charge on any atom is -0.207 e. The largest absolute Gasteiger partial charge is 0.207 e. The smallest absolute Gasteiger partial charge is 0.123 e. The van der Waals surface area contributed by atoms with E-state index in [0.29, 0.717) is 5.92 Å². The van der Waals surface area contributed by atoms with Gasteiger partial charge in [-0.05, 0) is 46.4 Å². The summed E-state index contributed by atoms with van der Waals surface area (Å²) in [6.07, 6.45) is 0.911. The zero-order valence-corrected chi connectivity index (χ0v) is 11.6. The topological polar surface area (TPSA) is 0 Å². The van der Waals surface area contributed by atoms with Gasteiger partial charge in [0.05, 0.1) is 0 Å². The second-order valence-corrected chi connectivity index (χ2v) is 5.56. The van der Waals surface area contributed by atoms with Crippen LogP contribution >= 0.6 is 0 Å². The van der Waals surface area contributed by atoms with E-state index >= 15 is 0 Å². The Hall–Kier alpha value is -2.41. The first-order valence-corrected chi connectivity index (χ1v) is 7.25. The highest BCUT2D eigenvalue weighted by molar-refractivity contribution is 5.78. The molecule has 4 rings (SSSR count). The lowest BCUT2D eigenvalue weighted by Gasteiger charge is -2.13. The fourth-order valence-corrected chi connectivity index (χ4v) is 3.34. The molecule has 0 N–H and O–H groups in total. The van der Waals surface area contributed by atoms with Crippen molar-refractivity contribution < 1.29 is 4.39 Å².